The third kappa shape index (κ3) is 3.76. The van der Waals surface area contributed by atoms with Gasteiger partial charge >= 0.3 is 5.97 Å². The van der Waals surface area contributed by atoms with E-state index in [9.17, 15) is 9.59 Å². The molecular formula is C21H22N3O3S+. The number of carbonyl (C=O) groups is 2. The van der Waals surface area contributed by atoms with Crippen LogP contribution in [0.1, 0.15) is 34.2 Å². The second kappa shape index (κ2) is 8.08. The van der Waals surface area contributed by atoms with Gasteiger partial charge in [-0.1, -0.05) is 24.3 Å². The molecule has 2 aromatic carbocycles. The van der Waals surface area contributed by atoms with Gasteiger partial charge < -0.3 is 15.0 Å². The summed E-state index contributed by atoms with van der Waals surface area (Å²) in [6.45, 7) is 1.28. The number of methoxy groups -OCH3 is 1. The Labute approximate surface area is 167 Å². The van der Waals surface area contributed by atoms with E-state index < -0.39 is 5.97 Å². The van der Waals surface area contributed by atoms with Crippen molar-refractivity contribution in [2.75, 3.05) is 25.5 Å². The number of hydrogen-bond acceptors (Lipinski definition) is 5. The zero-order valence-corrected chi connectivity index (χ0v) is 16.4. The number of fused-ring (bicyclic) bond motifs is 1. The topological polar surface area (TPSA) is 72.7 Å². The smallest absolute Gasteiger partial charge is 0.339 e. The number of para-hydroxylation sites is 2. The maximum absolute atomic E-state index is 12.7. The molecule has 4 rings (SSSR count). The number of anilines is 1. The molecular weight excluding hydrogens is 374 g/mol. The summed E-state index contributed by atoms with van der Waals surface area (Å²) in [5.41, 5.74) is 1.86. The predicted octanol–water partition coefficient (Wildman–Crippen LogP) is 2.44. The van der Waals surface area contributed by atoms with Crippen LogP contribution >= 0.6 is 11.3 Å². The molecule has 0 bridgehead atoms. The summed E-state index contributed by atoms with van der Waals surface area (Å²) in [6.07, 6.45) is 2.10. The lowest BCUT2D eigenvalue weighted by Gasteiger charge is -2.19. The van der Waals surface area contributed by atoms with E-state index in [1.54, 1.807) is 35.6 Å². The van der Waals surface area contributed by atoms with Crippen LogP contribution in [0.15, 0.2) is 48.5 Å². The molecule has 0 spiro atoms. The van der Waals surface area contributed by atoms with E-state index >= 15 is 0 Å². The van der Waals surface area contributed by atoms with E-state index in [4.69, 9.17) is 9.72 Å². The Morgan fingerprint density at radius 3 is 2.82 bits per heavy atom. The van der Waals surface area contributed by atoms with E-state index in [0.29, 0.717) is 17.8 Å². The fraction of sp³-hybridized carbons (Fsp3) is 0.286. The molecule has 3 aromatic rings. The van der Waals surface area contributed by atoms with Gasteiger partial charge in [0.2, 0.25) is 0 Å². The van der Waals surface area contributed by atoms with Crippen LogP contribution in [0.4, 0.5) is 5.69 Å². The Morgan fingerprint density at radius 2 is 2.00 bits per heavy atom. The third-order valence-electron chi connectivity index (χ3n) is 5.09. The van der Waals surface area contributed by atoms with Crippen LogP contribution in [0.25, 0.3) is 10.2 Å². The summed E-state index contributed by atoms with van der Waals surface area (Å²) in [7, 11) is 1.33. The van der Waals surface area contributed by atoms with E-state index in [-0.39, 0.29) is 11.9 Å². The van der Waals surface area contributed by atoms with Gasteiger partial charge in [-0.15, -0.1) is 11.3 Å². The van der Waals surface area contributed by atoms with Crippen LogP contribution in [0.3, 0.4) is 0 Å². The second-order valence-electron chi connectivity index (χ2n) is 6.89. The number of esters is 1. The van der Waals surface area contributed by atoms with Gasteiger partial charge in [-0.25, -0.2) is 9.78 Å². The Kier molecular flexibility index (Phi) is 5.36. The van der Waals surface area contributed by atoms with Crippen molar-refractivity contribution in [1.82, 2.24) is 4.98 Å². The standard InChI is InChI=1S/C21H21N3O3S/c1-27-21(26)14-7-2-3-8-15(14)22-19(25)13-24-12-6-10-17(24)20-23-16-9-4-5-11-18(16)28-20/h2-5,7-9,11,17H,6,10,12-13H2,1H3,(H,22,25)/p+1/t17-/m0/s1. The zero-order chi connectivity index (χ0) is 19.5. The monoisotopic (exact) mass is 396 g/mol. The molecule has 1 unspecified atom stereocenters. The lowest BCUT2D eigenvalue weighted by Crippen LogP contribution is -3.11. The Morgan fingerprint density at radius 1 is 1.21 bits per heavy atom. The van der Waals surface area contributed by atoms with E-state index in [1.807, 2.05) is 18.2 Å². The maximum atomic E-state index is 12.7. The molecule has 0 saturated carbocycles. The lowest BCUT2D eigenvalue weighted by atomic mass is 10.2. The quantitative estimate of drug-likeness (QED) is 0.650. The number of rotatable bonds is 5. The van der Waals surface area contributed by atoms with Crippen molar-refractivity contribution >= 4 is 39.1 Å². The minimum Gasteiger partial charge on any atom is -0.465 e. The highest BCUT2D eigenvalue weighted by atomic mass is 32.1. The van der Waals surface area contributed by atoms with Crippen LogP contribution in [-0.4, -0.2) is 37.1 Å². The number of likely N-dealkylation sites (tertiary alicyclic amines) is 1. The molecule has 2 N–H and O–H groups in total. The van der Waals surface area contributed by atoms with Crippen LogP contribution in [0.2, 0.25) is 0 Å². The first kappa shape index (κ1) is 18.6. The van der Waals surface area contributed by atoms with E-state index in [0.717, 1.165) is 29.9 Å². The minimum atomic E-state index is -0.461. The molecule has 1 saturated heterocycles. The minimum absolute atomic E-state index is 0.112. The van der Waals surface area contributed by atoms with Gasteiger partial charge in [0.25, 0.3) is 5.91 Å². The molecule has 1 fully saturated rings. The zero-order valence-electron chi connectivity index (χ0n) is 15.6. The van der Waals surface area contributed by atoms with E-state index in [1.165, 1.54) is 16.7 Å². The Balaban J connectivity index is 1.47. The summed E-state index contributed by atoms with van der Waals surface area (Å²) in [5, 5.41) is 3.97. The number of amides is 1. The fourth-order valence-corrected chi connectivity index (χ4v) is 4.90. The summed E-state index contributed by atoms with van der Waals surface area (Å²) in [5.74, 6) is -0.573. The van der Waals surface area contributed by atoms with Gasteiger partial charge in [-0.3, -0.25) is 4.79 Å². The van der Waals surface area contributed by atoms with Crippen LogP contribution in [-0.2, 0) is 9.53 Å². The molecule has 144 valence electrons. The average Bonchev–Trinajstić information content (AvgIpc) is 3.34. The summed E-state index contributed by atoms with van der Waals surface area (Å²) in [4.78, 5) is 30.6. The summed E-state index contributed by atoms with van der Waals surface area (Å²) < 4.78 is 5.97. The summed E-state index contributed by atoms with van der Waals surface area (Å²) in [6, 6.07) is 15.3. The van der Waals surface area contributed by atoms with Gasteiger partial charge in [0.15, 0.2) is 11.6 Å². The number of nitrogens with zero attached hydrogens (tertiary/aromatic N) is 1. The van der Waals surface area contributed by atoms with E-state index in [2.05, 4.69) is 11.4 Å². The van der Waals surface area contributed by atoms with Crippen molar-refractivity contribution in [1.29, 1.82) is 0 Å². The molecule has 0 aliphatic carbocycles. The highest BCUT2D eigenvalue weighted by Gasteiger charge is 2.34. The molecule has 0 radical (unpaired) electrons. The first-order valence-corrected chi connectivity index (χ1v) is 10.1. The first-order valence-electron chi connectivity index (χ1n) is 9.33. The molecule has 6 nitrogen and oxygen atoms in total. The van der Waals surface area contributed by atoms with Crippen molar-refractivity contribution in [3.8, 4) is 0 Å². The number of hydrogen-bond donors (Lipinski definition) is 2. The van der Waals surface area contributed by atoms with Gasteiger partial charge in [0, 0.05) is 12.8 Å². The first-order chi connectivity index (χ1) is 13.7. The number of aromatic nitrogens is 1. The molecule has 2 atom stereocenters. The Bertz CT molecular complexity index is 984. The highest BCUT2D eigenvalue weighted by molar-refractivity contribution is 7.18. The van der Waals surface area contributed by atoms with Crippen molar-refractivity contribution in [3.63, 3.8) is 0 Å². The van der Waals surface area contributed by atoms with Crippen molar-refractivity contribution in [2.24, 2.45) is 0 Å². The lowest BCUT2D eigenvalue weighted by molar-refractivity contribution is -0.910. The van der Waals surface area contributed by atoms with Gasteiger partial charge in [0.05, 0.1) is 35.1 Å². The predicted molar refractivity (Wildman–Crippen MR) is 109 cm³/mol. The van der Waals surface area contributed by atoms with Crippen molar-refractivity contribution < 1.29 is 19.2 Å². The molecule has 7 heteroatoms. The van der Waals surface area contributed by atoms with Crippen LogP contribution in [0, 0.1) is 0 Å². The van der Waals surface area contributed by atoms with Gasteiger partial charge in [-0.2, -0.15) is 0 Å². The number of ether oxygens (including phenoxy) is 1. The molecule has 2 heterocycles. The number of quaternary nitrogens is 1. The molecule has 1 aliphatic heterocycles. The van der Waals surface area contributed by atoms with Crippen molar-refractivity contribution in [3.05, 3.63) is 59.1 Å². The molecule has 28 heavy (non-hydrogen) atoms. The largest absolute Gasteiger partial charge is 0.465 e. The van der Waals surface area contributed by atoms with Crippen LogP contribution < -0.4 is 10.2 Å². The van der Waals surface area contributed by atoms with Gasteiger partial charge in [-0.05, 0) is 24.3 Å². The van der Waals surface area contributed by atoms with Gasteiger partial charge in [0.1, 0.15) is 6.04 Å². The molecule has 1 amide bonds. The number of nitrogens with one attached hydrogen (secondary N) is 2. The SMILES string of the molecule is COC(=O)c1ccccc1NC(=O)C[NH+]1CCC[C@H]1c1nc2ccccc2s1. The van der Waals surface area contributed by atoms with Crippen molar-refractivity contribution in [2.45, 2.75) is 18.9 Å². The second-order valence-corrected chi connectivity index (χ2v) is 7.95. The average molecular weight is 396 g/mol. The maximum Gasteiger partial charge on any atom is 0.339 e. The molecule has 1 aromatic heterocycles. The highest BCUT2D eigenvalue weighted by Crippen LogP contribution is 2.28. The Hall–Kier alpha value is -2.77. The van der Waals surface area contributed by atoms with Crippen LogP contribution in [0.5, 0.6) is 0 Å². The fourth-order valence-electron chi connectivity index (χ4n) is 3.74. The summed E-state index contributed by atoms with van der Waals surface area (Å²) >= 11 is 1.71. The number of carbonyl (C=O) groups excluding carboxylic acids is 2. The number of thiazole rings is 1. The third-order valence-corrected chi connectivity index (χ3v) is 6.24. The number of benzene rings is 2. The molecule has 1 aliphatic rings. The normalized spacial score (nSPS) is 18.9.